The van der Waals surface area contributed by atoms with Crippen molar-refractivity contribution >= 4 is 28.6 Å². The van der Waals surface area contributed by atoms with Crippen LogP contribution in [-0.2, 0) is 16.0 Å². The van der Waals surface area contributed by atoms with Gasteiger partial charge in [-0.05, 0) is 53.6 Å². The number of rotatable bonds is 3. The first-order valence-electron chi connectivity index (χ1n) is 4.54. The Morgan fingerprint density at radius 1 is 1.50 bits per heavy atom. The third-order valence-electron chi connectivity index (χ3n) is 1.98. The topological polar surface area (TPSA) is 26.3 Å². The number of esters is 1. The van der Waals surface area contributed by atoms with Crippen molar-refractivity contribution in [3.8, 4) is 0 Å². The van der Waals surface area contributed by atoms with Gasteiger partial charge in [0.05, 0.1) is 13.0 Å². The number of carbonyl (C=O) groups excluding carboxylic acids is 1. The summed E-state index contributed by atoms with van der Waals surface area (Å²) in [6.45, 7) is 4.28. The highest BCUT2D eigenvalue weighted by Crippen LogP contribution is 2.17. The minimum atomic E-state index is -0.153. The van der Waals surface area contributed by atoms with Crippen LogP contribution < -0.4 is 0 Å². The molecule has 14 heavy (non-hydrogen) atoms. The highest BCUT2D eigenvalue weighted by molar-refractivity contribution is 14.1. The molecule has 76 valence electrons. The van der Waals surface area contributed by atoms with Gasteiger partial charge in [0.15, 0.2) is 0 Å². The largest absolute Gasteiger partial charge is 0.466 e. The van der Waals surface area contributed by atoms with E-state index in [9.17, 15) is 4.79 Å². The second kappa shape index (κ2) is 5.34. The second-order valence-corrected chi connectivity index (χ2v) is 4.18. The Labute approximate surface area is 97.8 Å². The molecular formula is C11H13IO2. The van der Waals surface area contributed by atoms with Gasteiger partial charge in [0.25, 0.3) is 0 Å². The molecule has 0 bridgehead atoms. The second-order valence-electron chi connectivity index (χ2n) is 3.02. The van der Waals surface area contributed by atoms with Gasteiger partial charge in [-0.3, -0.25) is 4.79 Å². The number of ether oxygens (including phenoxy) is 1. The first-order chi connectivity index (χ1) is 6.65. The fraction of sp³-hybridized carbons (Fsp3) is 0.364. The van der Waals surface area contributed by atoms with E-state index in [0.29, 0.717) is 13.0 Å². The Kier molecular flexibility index (Phi) is 4.38. The molecule has 0 aromatic heterocycles. The van der Waals surface area contributed by atoms with Crippen molar-refractivity contribution in [1.82, 2.24) is 0 Å². The zero-order chi connectivity index (χ0) is 10.6. The van der Waals surface area contributed by atoms with E-state index in [1.807, 2.05) is 32.0 Å². The third kappa shape index (κ3) is 2.97. The predicted octanol–water partition coefficient (Wildman–Crippen LogP) is 2.71. The summed E-state index contributed by atoms with van der Waals surface area (Å²) in [4.78, 5) is 11.3. The summed E-state index contributed by atoms with van der Waals surface area (Å²) in [6, 6.07) is 6.00. The van der Waals surface area contributed by atoms with Crippen molar-refractivity contribution in [2.24, 2.45) is 0 Å². The van der Waals surface area contributed by atoms with Crippen molar-refractivity contribution < 1.29 is 9.53 Å². The molecule has 0 N–H and O–H groups in total. The molecule has 0 radical (unpaired) electrons. The van der Waals surface area contributed by atoms with Gasteiger partial charge in [-0.1, -0.05) is 12.1 Å². The maximum absolute atomic E-state index is 11.3. The minimum absolute atomic E-state index is 0.153. The van der Waals surface area contributed by atoms with Gasteiger partial charge >= 0.3 is 5.97 Å². The smallest absolute Gasteiger partial charge is 0.310 e. The number of carbonyl (C=O) groups is 1. The fourth-order valence-corrected chi connectivity index (χ4v) is 2.07. The summed E-state index contributed by atoms with van der Waals surface area (Å²) in [5.41, 5.74) is 2.22. The maximum atomic E-state index is 11.3. The Balaban J connectivity index is 2.80. The van der Waals surface area contributed by atoms with Crippen molar-refractivity contribution in [3.63, 3.8) is 0 Å². The Morgan fingerprint density at radius 3 is 2.79 bits per heavy atom. The van der Waals surface area contributed by atoms with Crippen LogP contribution in [0.3, 0.4) is 0 Å². The molecule has 0 aliphatic carbocycles. The molecule has 0 atom stereocenters. The molecule has 2 nitrogen and oxygen atoms in total. The van der Waals surface area contributed by atoms with E-state index in [4.69, 9.17) is 4.74 Å². The van der Waals surface area contributed by atoms with E-state index in [1.54, 1.807) is 0 Å². The molecule has 3 heteroatoms. The van der Waals surface area contributed by atoms with Crippen LogP contribution in [0, 0.1) is 10.5 Å². The monoisotopic (exact) mass is 304 g/mol. The third-order valence-corrected chi connectivity index (χ3v) is 2.99. The van der Waals surface area contributed by atoms with E-state index in [0.717, 1.165) is 14.7 Å². The van der Waals surface area contributed by atoms with Crippen LogP contribution in [0.1, 0.15) is 18.1 Å². The van der Waals surface area contributed by atoms with Gasteiger partial charge in [-0.15, -0.1) is 0 Å². The lowest BCUT2D eigenvalue weighted by Gasteiger charge is -2.07. The Morgan fingerprint density at radius 2 is 2.21 bits per heavy atom. The van der Waals surface area contributed by atoms with Crippen LogP contribution in [0.5, 0.6) is 0 Å². The SMILES string of the molecule is CCOC(=O)Cc1c(C)cccc1I. The van der Waals surface area contributed by atoms with E-state index in [-0.39, 0.29) is 5.97 Å². The predicted molar refractivity (Wildman–Crippen MR) is 64.2 cm³/mol. The quantitative estimate of drug-likeness (QED) is 0.634. The lowest BCUT2D eigenvalue weighted by Crippen LogP contribution is -2.09. The van der Waals surface area contributed by atoms with Gasteiger partial charge in [-0.25, -0.2) is 0 Å². The molecule has 1 rings (SSSR count). The minimum Gasteiger partial charge on any atom is -0.466 e. The van der Waals surface area contributed by atoms with Crippen LogP contribution in [0.15, 0.2) is 18.2 Å². The molecule has 0 heterocycles. The van der Waals surface area contributed by atoms with Crippen LogP contribution in [0.25, 0.3) is 0 Å². The van der Waals surface area contributed by atoms with Crippen LogP contribution >= 0.6 is 22.6 Å². The molecule has 0 aliphatic rings. The lowest BCUT2D eigenvalue weighted by atomic mass is 10.1. The van der Waals surface area contributed by atoms with E-state index in [1.165, 1.54) is 0 Å². The number of aryl methyl sites for hydroxylation is 1. The molecule has 0 spiro atoms. The van der Waals surface area contributed by atoms with E-state index < -0.39 is 0 Å². The van der Waals surface area contributed by atoms with Crippen LogP contribution in [-0.4, -0.2) is 12.6 Å². The summed E-state index contributed by atoms with van der Waals surface area (Å²) in [7, 11) is 0. The fourth-order valence-electron chi connectivity index (χ4n) is 1.25. The average Bonchev–Trinajstić information content (AvgIpc) is 2.12. The molecule has 0 fully saturated rings. The molecule has 0 unspecified atom stereocenters. The van der Waals surface area contributed by atoms with E-state index >= 15 is 0 Å². The highest BCUT2D eigenvalue weighted by Gasteiger charge is 2.09. The number of halogens is 1. The van der Waals surface area contributed by atoms with Crippen molar-refractivity contribution in [2.45, 2.75) is 20.3 Å². The molecule has 1 aromatic carbocycles. The normalized spacial score (nSPS) is 9.93. The maximum Gasteiger partial charge on any atom is 0.310 e. The average molecular weight is 304 g/mol. The van der Waals surface area contributed by atoms with Gasteiger partial charge < -0.3 is 4.74 Å². The zero-order valence-electron chi connectivity index (χ0n) is 8.34. The van der Waals surface area contributed by atoms with Gasteiger partial charge in [0.2, 0.25) is 0 Å². The molecule has 0 aliphatic heterocycles. The van der Waals surface area contributed by atoms with Crippen molar-refractivity contribution in [3.05, 3.63) is 32.9 Å². The first kappa shape index (κ1) is 11.5. The Hall–Kier alpha value is -0.580. The van der Waals surface area contributed by atoms with Gasteiger partial charge in [-0.2, -0.15) is 0 Å². The molecule has 0 saturated carbocycles. The summed E-state index contributed by atoms with van der Waals surface area (Å²) in [5, 5.41) is 0. The standard InChI is InChI=1S/C11H13IO2/c1-3-14-11(13)7-9-8(2)5-4-6-10(9)12/h4-6H,3,7H2,1-2H3. The highest BCUT2D eigenvalue weighted by atomic mass is 127. The number of hydrogen-bond acceptors (Lipinski definition) is 2. The Bertz CT molecular complexity index is 314. The summed E-state index contributed by atoms with van der Waals surface area (Å²) in [6.07, 6.45) is 0.374. The zero-order valence-corrected chi connectivity index (χ0v) is 10.5. The van der Waals surface area contributed by atoms with Crippen LogP contribution in [0.2, 0.25) is 0 Å². The first-order valence-corrected chi connectivity index (χ1v) is 5.62. The van der Waals surface area contributed by atoms with Crippen molar-refractivity contribution in [2.75, 3.05) is 6.61 Å². The number of benzene rings is 1. The van der Waals surface area contributed by atoms with E-state index in [2.05, 4.69) is 22.6 Å². The molecule has 1 aromatic rings. The number of hydrogen-bond donors (Lipinski definition) is 0. The summed E-state index contributed by atoms with van der Waals surface area (Å²) >= 11 is 2.24. The van der Waals surface area contributed by atoms with Crippen LogP contribution in [0.4, 0.5) is 0 Å². The lowest BCUT2D eigenvalue weighted by molar-refractivity contribution is -0.142. The van der Waals surface area contributed by atoms with Crippen molar-refractivity contribution in [1.29, 1.82) is 0 Å². The molecule has 0 saturated heterocycles. The van der Waals surface area contributed by atoms with Gasteiger partial charge in [0.1, 0.15) is 0 Å². The van der Waals surface area contributed by atoms with Gasteiger partial charge in [0, 0.05) is 3.57 Å². The summed E-state index contributed by atoms with van der Waals surface area (Å²) in [5.74, 6) is -0.153. The summed E-state index contributed by atoms with van der Waals surface area (Å²) < 4.78 is 6.03. The molecular weight excluding hydrogens is 291 g/mol. The molecule has 0 amide bonds.